The second kappa shape index (κ2) is 11.2. The Morgan fingerprint density at radius 2 is 1.58 bits per heavy atom. The Balaban J connectivity index is 1.34. The number of fused-ring (bicyclic) bond motifs is 5. The number of hydrogen-bond donors (Lipinski definition) is 3. The molecule has 208 valence electrons. The van der Waals surface area contributed by atoms with Crippen molar-refractivity contribution < 1.29 is 15.0 Å². The number of carbonyl (C=O) groups excluding carboxylic acids is 1. The average molecular weight is 504 g/mol. The molecule has 4 heteroatoms. The Morgan fingerprint density at radius 1 is 0.889 bits per heavy atom. The minimum absolute atomic E-state index is 0.169. The Hall–Kier alpha value is -0.610. The van der Waals surface area contributed by atoms with Crippen LogP contribution in [-0.2, 0) is 4.79 Å². The molecule has 11 atom stereocenters. The van der Waals surface area contributed by atoms with Crippen molar-refractivity contribution in [3.8, 4) is 0 Å². The summed E-state index contributed by atoms with van der Waals surface area (Å²) in [5.74, 6) is 4.28. The highest BCUT2D eigenvalue weighted by molar-refractivity contribution is 5.76. The number of carbonyl (C=O) groups is 1. The predicted molar refractivity (Wildman–Crippen MR) is 147 cm³/mol. The molecular formula is C32H57NO3. The first-order chi connectivity index (χ1) is 17.0. The van der Waals surface area contributed by atoms with Gasteiger partial charge in [0.25, 0.3) is 0 Å². The molecule has 11 unspecified atom stereocenters. The molecule has 0 aromatic heterocycles. The van der Waals surface area contributed by atoms with Gasteiger partial charge in [-0.05, 0) is 123 Å². The summed E-state index contributed by atoms with van der Waals surface area (Å²) < 4.78 is 0. The van der Waals surface area contributed by atoms with E-state index in [1.54, 1.807) is 0 Å². The highest BCUT2D eigenvalue weighted by atomic mass is 16.3. The Labute approximate surface area is 221 Å². The van der Waals surface area contributed by atoms with E-state index in [1.807, 2.05) is 0 Å². The van der Waals surface area contributed by atoms with E-state index in [4.69, 9.17) is 0 Å². The van der Waals surface area contributed by atoms with E-state index >= 15 is 0 Å². The molecule has 4 fully saturated rings. The molecular weight excluding hydrogens is 446 g/mol. The van der Waals surface area contributed by atoms with E-state index in [1.165, 1.54) is 38.5 Å². The molecule has 1 amide bonds. The second-order valence-electron chi connectivity index (χ2n) is 14.8. The first kappa shape index (κ1) is 28.4. The van der Waals surface area contributed by atoms with E-state index < -0.39 is 0 Å². The first-order valence-corrected chi connectivity index (χ1v) is 15.6. The lowest BCUT2D eigenvalue weighted by Gasteiger charge is -2.62. The maximum Gasteiger partial charge on any atom is 0.220 e. The number of amides is 1. The fourth-order valence-electron chi connectivity index (χ4n) is 9.99. The fraction of sp³-hybridized carbons (Fsp3) is 0.969. The van der Waals surface area contributed by atoms with Crippen molar-refractivity contribution in [2.75, 3.05) is 0 Å². The van der Waals surface area contributed by atoms with Crippen LogP contribution in [0.1, 0.15) is 125 Å². The Kier molecular flexibility index (Phi) is 8.87. The summed E-state index contributed by atoms with van der Waals surface area (Å²) in [6.45, 7) is 14.1. The van der Waals surface area contributed by atoms with Gasteiger partial charge in [-0.25, -0.2) is 0 Å². The molecule has 0 spiro atoms. The van der Waals surface area contributed by atoms with Crippen LogP contribution in [-0.4, -0.2) is 34.4 Å². The fourth-order valence-corrected chi connectivity index (χ4v) is 9.99. The van der Waals surface area contributed by atoms with Crippen molar-refractivity contribution >= 4 is 5.91 Å². The third-order valence-electron chi connectivity index (χ3n) is 12.1. The number of hydrogen-bond acceptors (Lipinski definition) is 3. The molecule has 4 aliphatic rings. The summed E-state index contributed by atoms with van der Waals surface area (Å²) in [7, 11) is 0. The second-order valence-corrected chi connectivity index (χ2v) is 14.8. The van der Waals surface area contributed by atoms with Crippen LogP contribution in [0.3, 0.4) is 0 Å². The number of nitrogens with one attached hydrogen (secondary N) is 1. The number of rotatable bonds is 9. The summed E-state index contributed by atoms with van der Waals surface area (Å²) in [4.78, 5) is 12.7. The zero-order valence-corrected chi connectivity index (χ0v) is 24.3. The van der Waals surface area contributed by atoms with Gasteiger partial charge in [-0.1, -0.05) is 47.5 Å². The summed E-state index contributed by atoms with van der Waals surface area (Å²) in [6, 6.07) is 0.272. The molecule has 3 N–H and O–H groups in total. The van der Waals surface area contributed by atoms with Gasteiger partial charge in [0, 0.05) is 12.5 Å². The topological polar surface area (TPSA) is 69.6 Å². The van der Waals surface area contributed by atoms with E-state index in [0.29, 0.717) is 47.3 Å². The molecule has 4 aliphatic carbocycles. The third-order valence-corrected chi connectivity index (χ3v) is 12.1. The summed E-state index contributed by atoms with van der Waals surface area (Å²) in [5, 5.41) is 25.0. The average Bonchev–Trinajstić information content (AvgIpc) is 3.15. The summed E-state index contributed by atoms with van der Waals surface area (Å²) in [5.41, 5.74) is 0.581. The molecule has 0 radical (unpaired) electrons. The first-order valence-electron chi connectivity index (χ1n) is 15.6. The van der Waals surface area contributed by atoms with E-state index in [0.717, 1.165) is 44.4 Å². The van der Waals surface area contributed by atoms with Gasteiger partial charge in [0.1, 0.15) is 0 Å². The maximum atomic E-state index is 12.7. The van der Waals surface area contributed by atoms with Crippen LogP contribution >= 0.6 is 0 Å². The lowest BCUT2D eigenvalue weighted by atomic mass is 9.43. The SMILES string of the molecule is CC(C)CCCC(C)NC(=O)CCC(C)C1CCC2C3C(O)CC4CC(O)CCC4(C)C3CCC12C. The van der Waals surface area contributed by atoms with Gasteiger partial charge >= 0.3 is 0 Å². The van der Waals surface area contributed by atoms with Gasteiger partial charge in [-0.3, -0.25) is 4.79 Å². The van der Waals surface area contributed by atoms with Crippen LogP contribution in [0.25, 0.3) is 0 Å². The summed E-state index contributed by atoms with van der Waals surface area (Å²) >= 11 is 0. The molecule has 36 heavy (non-hydrogen) atoms. The van der Waals surface area contributed by atoms with Gasteiger partial charge in [0.15, 0.2) is 0 Å². The normalized spacial score (nSPS) is 43.9. The summed E-state index contributed by atoms with van der Waals surface area (Å²) in [6.07, 6.45) is 13.6. The van der Waals surface area contributed by atoms with E-state index in [-0.39, 0.29) is 29.6 Å². The van der Waals surface area contributed by atoms with Crippen molar-refractivity contribution in [2.45, 2.75) is 143 Å². The van der Waals surface area contributed by atoms with Gasteiger partial charge in [-0.15, -0.1) is 0 Å². The predicted octanol–water partition coefficient (Wildman–Crippen LogP) is 6.72. The van der Waals surface area contributed by atoms with Crippen LogP contribution < -0.4 is 5.32 Å². The quantitative estimate of drug-likeness (QED) is 0.327. The smallest absolute Gasteiger partial charge is 0.220 e. The van der Waals surface area contributed by atoms with Crippen LogP contribution in [0.15, 0.2) is 0 Å². The van der Waals surface area contributed by atoms with Crippen LogP contribution in [0.5, 0.6) is 0 Å². The van der Waals surface area contributed by atoms with Crippen molar-refractivity contribution in [1.29, 1.82) is 0 Å². The van der Waals surface area contributed by atoms with Crippen molar-refractivity contribution in [3.05, 3.63) is 0 Å². The molecule has 4 saturated carbocycles. The lowest BCUT2D eigenvalue weighted by molar-refractivity contribution is -0.174. The minimum Gasteiger partial charge on any atom is -0.393 e. The van der Waals surface area contributed by atoms with Gasteiger partial charge in [-0.2, -0.15) is 0 Å². The number of aliphatic hydroxyl groups excluding tert-OH is 2. The largest absolute Gasteiger partial charge is 0.393 e. The van der Waals surface area contributed by atoms with E-state index in [9.17, 15) is 15.0 Å². The Morgan fingerprint density at radius 3 is 2.31 bits per heavy atom. The van der Waals surface area contributed by atoms with Gasteiger partial charge < -0.3 is 15.5 Å². The molecule has 0 saturated heterocycles. The zero-order chi connectivity index (χ0) is 26.3. The van der Waals surface area contributed by atoms with Crippen LogP contribution in [0, 0.1) is 52.3 Å². The van der Waals surface area contributed by atoms with E-state index in [2.05, 4.69) is 46.9 Å². The monoisotopic (exact) mass is 503 g/mol. The molecule has 0 aromatic rings. The maximum absolute atomic E-state index is 12.7. The highest BCUT2D eigenvalue weighted by Crippen LogP contribution is 2.68. The molecule has 4 nitrogen and oxygen atoms in total. The minimum atomic E-state index is -0.208. The number of aliphatic hydroxyl groups is 2. The van der Waals surface area contributed by atoms with Crippen molar-refractivity contribution in [2.24, 2.45) is 52.3 Å². The van der Waals surface area contributed by atoms with Crippen LogP contribution in [0.4, 0.5) is 0 Å². The molecule has 4 rings (SSSR count). The van der Waals surface area contributed by atoms with Gasteiger partial charge in [0.05, 0.1) is 12.2 Å². The highest BCUT2D eigenvalue weighted by Gasteiger charge is 2.62. The molecule has 0 aromatic carbocycles. The molecule has 0 heterocycles. The van der Waals surface area contributed by atoms with Gasteiger partial charge in [0.2, 0.25) is 5.91 Å². The lowest BCUT2D eigenvalue weighted by Crippen LogP contribution is -2.58. The molecule has 0 aliphatic heterocycles. The Bertz CT molecular complexity index is 754. The zero-order valence-electron chi connectivity index (χ0n) is 24.3. The molecule has 0 bridgehead atoms. The third kappa shape index (κ3) is 5.56. The van der Waals surface area contributed by atoms with Crippen molar-refractivity contribution in [1.82, 2.24) is 5.32 Å². The standard InChI is InChI=1S/C32H57NO3/c1-20(2)8-7-9-22(4)33-29(36)13-10-21(3)25-11-12-26-30-27(15-17-32(25,26)6)31(5)16-14-24(34)18-23(31)19-28(30)35/h20-28,30,34-35H,7-19H2,1-6H3,(H,33,36). The van der Waals surface area contributed by atoms with Crippen molar-refractivity contribution in [3.63, 3.8) is 0 Å². The van der Waals surface area contributed by atoms with Crippen LogP contribution in [0.2, 0.25) is 0 Å².